The number of hydrogen-bond donors (Lipinski definition) is 1. The van der Waals surface area contributed by atoms with Crippen molar-refractivity contribution in [3.05, 3.63) is 95.0 Å². The minimum atomic E-state index is -3.10. The first kappa shape index (κ1) is 34.7. The quantitative estimate of drug-likeness (QED) is 0.396. The van der Waals surface area contributed by atoms with Gasteiger partial charge in [-0.25, -0.2) is 31.2 Å². The van der Waals surface area contributed by atoms with Crippen LogP contribution in [0.2, 0.25) is 5.02 Å². The predicted molar refractivity (Wildman–Crippen MR) is 177 cm³/mol. The molecule has 0 bridgehead atoms. The van der Waals surface area contributed by atoms with Gasteiger partial charge in [-0.15, -0.1) is 0 Å². The highest BCUT2D eigenvalue weighted by Crippen LogP contribution is 2.25. The molecule has 2 fully saturated rings. The second kappa shape index (κ2) is 15.4. The standard InChI is InChI=1S/C20H21ClN2O5S.C11H14N2O3S/c1-28-19(24)15-7-8-16(18(21)13-15)14-23(17-5-3-2-4-6-17)20(25)22-9-11-29(26,27)12-10-22;14-11(12-10-4-2-1-3-5-10)13-6-8-17(15,16)9-7-13/h2-8,13H,9-12,14H2,1H3;1-5H,6-9H2,(H,12,14). The molecule has 2 heterocycles. The Bertz CT molecular complexity index is 1730. The van der Waals surface area contributed by atoms with Crippen molar-refractivity contribution >= 4 is 60.7 Å². The summed E-state index contributed by atoms with van der Waals surface area (Å²) in [4.78, 5) is 41.3. The number of hydrogen-bond acceptors (Lipinski definition) is 8. The fourth-order valence-corrected chi connectivity index (χ4v) is 7.32. The molecule has 0 saturated carbocycles. The van der Waals surface area contributed by atoms with Gasteiger partial charge in [-0.05, 0) is 42.0 Å². The lowest BCUT2D eigenvalue weighted by Gasteiger charge is -2.33. The lowest BCUT2D eigenvalue weighted by molar-refractivity contribution is 0.0600. The van der Waals surface area contributed by atoms with Crippen molar-refractivity contribution in [3.63, 3.8) is 0 Å². The molecule has 0 atom stereocenters. The van der Waals surface area contributed by atoms with Crippen LogP contribution in [0, 0.1) is 0 Å². The van der Waals surface area contributed by atoms with E-state index >= 15 is 0 Å². The first-order valence-electron chi connectivity index (χ1n) is 14.4. The van der Waals surface area contributed by atoms with Crippen LogP contribution in [0.1, 0.15) is 15.9 Å². The van der Waals surface area contributed by atoms with E-state index in [-0.39, 0.29) is 67.8 Å². The largest absolute Gasteiger partial charge is 0.465 e. The maximum absolute atomic E-state index is 13.2. The highest BCUT2D eigenvalue weighted by atomic mass is 35.5. The molecule has 12 nitrogen and oxygen atoms in total. The lowest BCUT2D eigenvalue weighted by atomic mass is 10.1. The number of sulfone groups is 2. The molecule has 3 aromatic rings. The number of benzene rings is 3. The first-order valence-corrected chi connectivity index (χ1v) is 18.4. The number of ether oxygens (including phenoxy) is 1. The van der Waals surface area contributed by atoms with Crippen molar-refractivity contribution in [2.75, 3.05) is 66.5 Å². The third-order valence-corrected chi connectivity index (χ3v) is 10.9. The third kappa shape index (κ3) is 9.68. The average Bonchev–Trinajstić information content (AvgIpc) is 3.04. The van der Waals surface area contributed by atoms with Gasteiger partial charge in [0.1, 0.15) is 0 Å². The molecule has 2 aliphatic rings. The van der Waals surface area contributed by atoms with E-state index in [2.05, 4.69) is 5.32 Å². The first-order chi connectivity index (χ1) is 21.9. The molecule has 0 aromatic heterocycles. The van der Waals surface area contributed by atoms with Gasteiger partial charge in [0.2, 0.25) is 0 Å². The Morgan fingerprint density at radius 2 is 1.30 bits per heavy atom. The van der Waals surface area contributed by atoms with Gasteiger partial charge in [-0.1, -0.05) is 54.1 Å². The van der Waals surface area contributed by atoms with Gasteiger partial charge >= 0.3 is 18.0 Å². The summed E-state index contributed by atoms with van der Waals surface area (Å²) in [6, 6.07) is 22.4. The number of para-hydroxylation sites is 2. The fourth-order valence-electron chi connectivity index (χ4n) is 4.68. The molecule has 1 N–H and O–H groups in total. The summed E-state index contributed by atoms with van der Waals surface area (Å²) < 4.78 is 50.5. The van der Waals surface area contributed by atoms with E-state index in [0.29, 0.717) is 27.5 Å². The Morgan fingerprint density at radius 1 is 0.783 bits per heavy atom. The maximum atomic E-state index is 13.2. The summed E-state index contributed by atoms with van der Waals surface area (Å²) in [6.07, 6.45) is 0. The van der Waals surface area contributed by atoms with Crippen molar-refractivity contribution in [1.29, 1.82) is 0 Å². The summed E-state index contributed by atoms with van der Waals surface area (Å²) in [7, 11) is -4.75. The molecule has 0 spiro atoms. The number of nitrogens with one attached hydrogen (secondary N) is 1. The van der Waals surface area contributed by atoms with Crippen LogP contribution in [0.25, 0.3) is 0 Å². The van der Waals surface area contributed by atoms with E-state index in [1.807, 2.05) is 36.4 Å². The van der Waals surface area contributed by atoms with Gasteiger partial charge in [0.25, 0.3) is 0 Å². The number of amides is 4. The minimum absolute atomic E-state index is 0.0457. The normalized spacial score (nSPS) is 16.7. The highest BCUT2D eigenvalue weighted by molar-refractivity contribution is 7.91. The van der Waals surface area contributed by atoms with Crippen LogP contribution in [0.3, 0.4) is 0 Å². The Labute approximate surface area is 273 Å². The Morgan fingerprint density at radius 3 is 1.83 bits per heavy atom. The molecular formula is C31H35ClN4O8S2. The van der Waals surface area contributed by atoms with Crippen LogP contribution in [-0.2, 0) is 31.0 Å². The minimum Gasteiger partial charge on any atom is -0.465 e. The molecule has 4 amide bonds. The molecule has 46 heavy (non-hydrogen) atoms. The molecule has 15 heteroatoms. The van der Waals surface area contributed by atoms with E-state index in [9.17, 15) is 31.2 Å². The van der Waals surface area contributed by atoms with E-state index < -0.39 is 25.6 Å². The van der Waals surface area contributed by atoms with Crippen molar-refractivity contribution in [1.82, 2.24) is 9.80 Å². The molecular weight excluding hydrogens is 656 g/mol. The zero-order valence-electron chi connectivity index (χ0n) is 25.2. The summed E-state index contributed by atoms with van der Waals surface area (Å²) in [5.41, 5.74) is 2.35. The van der Waals surface area contributed by atoms with E-state index in [1.165, 1.54) is 23.0 Å². The summed E-state index contributed by atoms with van der Waals surface area (Å²) in [5, 5.41) is 3.07. The lowest BCUT2D eigenvalue weighted by Crippen LogP contribution is -2.49. The zero-order chi connectivity index (χ0) is 33.3. The topological polar surface area (TPSA) is 150 Å². The highest BCUT2D eigenvalue weighted by Gasteiger charge is 2.29. The van der Waals surface area contributed by atoms with Gasteiger partial charge < -0.3 is 19.9 Å². The number of nitrogens with zero attached hydrogens (tertiary/aromatic N) is 3. The number of carbonyl (C=O) groups is 3. The molecule has 2 saturated heterocycles. The van der Waals surface area contributed by atoms with Crippen LogP contribution >= 0.6 is 11.6 Å². The number of rotatable bonds is 5. The number of halogens is 1. The van der Waals surface area contributed by atoms with Crippen LogP contribution in [-0.4, -0.2) is 101 Å². The molecule has 2 aliphatic heterocycles. The zero-order valence-corrected chi connectivity index (χ0v) is 27.6. The average molecular weight is 691 g/mol. The third-order valence-electron chi connectivity index (χ3n) is 7.37. The van der Waals surface area contributed by atoms with Gasteiger partial charge in [-0.2, -0.15) is 0 Å². The molecule has 0 unspecified atom stereocenters. The van der Waals surface area contributed by atoms with E-state index in [4.69, 9.17) is 16.3 Å². The summed E-state index contributed by atoms with van der Waals surface area (Å²) >= 11 is 6.35. The molecule has 5 rings (SSSR count). The predicted octanol–water partition coefficient (Wildman–Crippen LogP) is 3.93. The Hall–Kier alpha value is -4.14. The molecule has 246 valence electrons. The smallest absolute Gasteiger partial charge is 0.337 e. The van der Waals surface area contributed by atoms with Crippen molar-refractivity contribution < 1.29 is 36.0 Å². The van der Waals surface area contributed by atoms with Gasteiger partial charge in [0, 0.05) is 42.6 Å². The van der Waals surface area contributed by atoms with Crippen LogP contribution in [0.15, 0.2) is 78.9 Å². The van der Waals surface area contributed by atoms with Gasteiger partial charge in [0.15, 0.2) is 19.7 Å². The number of urea groups is 2. The SMILES string of the molecule is COC(=O)c1ccc(CN(C(=O)N2CCS(=O)(=O)CC2)c2ccccc2)c(Cl)c1.O=C(Nc1ccccc1)N1CCS(=O)(=O)CC1. The Balaban J connectivity index is 0.000000240. The number of carbonyl (C=O) groups excluding carboxylic acids is 3. The number of anilines is 2. The molecule has 0 radical (unpaired) electrons. The fraction of sp³-hybridized carbons (Fsp3) is 0.323. The van der Waals surface area contributed by atoms with E-state index in [1.54, 1.807) is 41.3 Å². The van der Waals surface area contributed by atoms with Crippen molar-refractivity contribution in [2.45, 2.75) is 6.54 Å². The number of methoxy groups -OCH3 is 1. The van der Waals surface area contributed by atoms with Crippen LogP contribution in [0.4, 0.5) is 21.0 Å². The monoisotopic (exact) mass is 690 g/mol. The Kier molecular flexibility index (Phi) is 11.7. The van der Waals surface area contributed by atoms with Crippen LogP contribution in [0.5, 0.6) is 0 Å². The summed E-state index contributed by atoms with van der Waals surface area (Å²) in [5.74, 6) is -0.486. The molecule has 3 aromatic carbocycles. The number of esters is 1. The van der Waals surface area contributed by atoms with Crippen molar-refractivity contribution in [3.8, 4) is 0 Å². The second-order valence-corrected chi connectivity index (χ2v) is 15.6. The molecule has 0 aliphatic carbocycles. The van der Waals surface area contributed by atoms with Gasteiger partial charge in [0.05, 0.1) is 42.2 Å². The second-order valence-electron chi connectivity index (χ2n) is 10.6. The van der Waals surface area contributed by atoms with Gasteiger partial charge in [-0.3, -0.25) is 4.90 Å². The summed E-state index contributed by atoms with van der Waals surface area (Å²) in [6.45, 7) is 1.01. The maximum Gasteiger partial charge on any atom is 0.337 e. The van der Waals surface area contributed by atoms with Crippen LogP contribution < -0.4 is 10.2 Å². The van der Waals surface area contributed by atoms with E-state index in [0.717, 1.165) is 0 Å². The van der Waals surface area contributed by atoms with Crippen molar-refractivity contribution in [2.24, 2.45) is 0 Å².